The number of carbonyl (C=O) groups is 1. The lowest BCUT2D eigenvalue weighted by Crippen LogP contribution is -2.18. The zero-order valence-electron chi connectivity index (χ0n) is 13.4. The van der Waals surface area contributed by atoms with Gasteiger partial charge >= 0.3 is 0 Å². The lowest BCUT2D eigenvalue weighted by molar-refractivity contribution is -0.115. The van der Waals surface area contributed by atoms with Gasteiger partial charge in [0.2, 0.25) is 5.91 Å². The van der Waals surface area contributed by atoms with E-state index < -0.39 is 5.82 Å². The normalized spacial score (nSPS) is 16.8. The van der Waals surface area contributed by atoms with Crippen molar-refractivity contribution in [2.24, 2.45) is 0 Å². The SMILES string of the molecule is COc1ccc(CC(=O)Nc2ccc(C3CCCN3)nn2)cc1F. The predicted octanol–water partition coefficient (Wildman–Crippen LogP) is 2.23. The van der Waals surface area contributed by atoms with Gasteiger partial charge in [0.25, 0.3) is 0 Å². The maximum absolute atomic E-state index is 13.6. The molecular weight excluding hydrogens is 311 g/mol. The quantitative estimate of drug-likeness (QED) is 0.879. The van der Waals surface area contributed by atoms with Crippen molar-refractivity contribution in [2.75, 3.05) is 19.0 Å². The third-order valence-electron chi connectivity index (χ3n) is 3.95. The van der Waals surface area contributed by atoms with Gasteiger partial charge in [0, 0.05) is 0 Å². The van der Waals surface area contributed by atoms with Gasteiger partial charge in [0.05, 0.1) is 25.3 Å². The van der Waals surface area contributed by atoms with E-state index in [1.165, 1.54) is 19.2 Å². The first-order valence-corrected chi connectivity index (χ1v) is 7.85. The minimum atomic E-state index is -0.490. The highest BCUT2D eigenvalue weighted by atomic mass is 19.1. The topological polar surface area (TPSA) is 76.1 Å². The summed E-state index contributed by atoms with van der Waals surface area (Å²) in [6.07, 6.45) is 2.22. The molecule has 2 aromatic rings. The minimum Gasteiger partial charge on any atom is -0.494 e. The van der Waals surface area contributed by atoms with Crippen LogP contribution in [-0.4, -0.2) is 29.8 Å². The number of benzene rings is 1. The number of hydrogen-bond acceptors (Lipinski definition) is 5. The summed E-state index contributed by atoms with van der Waals surface area (Å²) in [4.78, 5) is 12.0. The van der Waals surface area contributed by atoms with Crippen LogP contribution < -0.4 is 15.4 Å². The largest absolute Gasteiger partial charge is 0.494 e. The zero-order chi connectivity index (χ0) is 16.9. The van der Waals surface area contributed by atoms with Crippen LogP contribution in [0.5, 0.6) is 5.75 Å². The molecule has 3 rings (SSSR count). The fraction of sp³-hybridized carbons (Fsp3) is 0.353. The van der Waals surface area contributed by atoms with E-state index in [2.05, 4.69) is 20.8 Å². The Hall–Kier alpha value is -2.54. The second kappa shape index (κ2) is 7.35. The highest BCUT2D eigenvalue weighted by Gasteiger charge is 2.18. The van der Waals surface area contributed by atoms with Gasteiger partial charge in [-0.2, -0.15) is 5.10 Å². The van der Waals surface area contributed by atoms with Gasteiger partial charge in [-0.3, -0.25) is 4.79 Å². The van der Waals surface area contributed by atoms with Crippen molar-refractivity contribution in [3.8, 4) is 5.75 Å². The molecule has 1 aromatic heterocycles. The Morgan fingerprint density at radius 3 is 2.88 bits per heavy atom. The van der Waals surface area contributed by atoms with Crippen LogP contribution in [0.4, 0.5) is 10.2 Å². The number of amides is 1. The lowest BCUT2D eigenvalue weighted by atomic mass is 10.1. The first-order valence-electron chi connectivity index (χ1n) is 7.85. The summed E-state index contributed by atoms with van der Waals surface area (Å²) in [7, 11) is 1.40. The zero-order valence-corrected chi connectivity index (χ0v) is 13.4. The molecule has 2 heterocycles. The van der Waals surface area contributed by atoms with E-state index in [0.29, 0.717) is 11.4 Å². The monoisotopic (exact) mass is 330 g/mol. The van der Waals surface area contributed by atoms with Crippen LogP contribution in [-0.2, 0) is 11.2 Å². The number of methoxy groups -OCH3 is 1. The first-order chi connectivity index (χ1) is 11.7. The molecule has 1 aliphatic rings. The molecule has 0 saturated carbocycles. The van der Waals surface area contributed by atoms with Gasteiger partial charge < -0.3 is 15.4 Å². The van der Waals surface area contributed by atoms with Gasteiger partial charge in [-0.05, 0) is 49.2 Å². The minimum absolute atomic E-state index is 0.0501. The van der Waals surface area contributed by atoms with E-state index in [4.69, 9.17) is 4.74 Å². The third-order valence-corrected chi connectivity index (χ3v) is 3.95. The summed E-state index contributed by atoms with van der Waals surface area (Å²) in [5.41, 5.74) is 1.44. The summed E-state index contributed by atoms with van der Waals surface area (Å²) in [6, 6.07) is 8.28. The highest BCUT2D eigenvalue weighted by Crippen LogP contribution is 2.21. The Morgan fingerprint density at radius 2 is 2.25 bits per heavy atom. The van der Waals surface area contributed by atoms with E-state index in [1.807, 2.05) is 6.07 Å². The molecule has 1 saturated heterocycles. The molecule has 1 amide bonds. The van der Waals surface area contributed by atoms with Crippen LogP contribution in [0.15, 0.2) is 30.3 Å². The molecule has 24 heavy (non-hydrogen) atoms. The first kappa shape index (κ1) is 16.3. The van der Waals surface area contributed by atoms with Gasteiger partial charge in [-0.25, -0.2) is 4.39 Å². The average molecular weight is 330 g/mol. The molecule has 126 valence electrons. The molecule has 0 radical (unpaired) electrons. The predicted molar refractivity (Wildman–Crippen MR) is 87.3 cm³/mol. The molecule has 7 heteroatoms. The van der Waals surface area contributed by atoms with Crippen molar-refractivity contribution < 1.29 is 13.9 Å². The van der Waals surface area contributed by atoms with Crippen LogP contribution in [0.1, 0.15) is 30.1 Å². The van der Waals surface area contributed by atoms with Gasteiger partial charge in [-0.15, -0.1) is 5.10 Å². The summed E-state index contributed by atoms with van der Waals surface area (Å²) in [5.74, 6) is -0.228. The average Bonchev–Trinajstić information content (AvgIpc) is 3.10. The molecule has 0 aliphatic carbocycles. The van der Waals surface area contributed by atoms with E-state index in [-0.39, 0.29) is 24.1 Å². The van der Waals surface area contributed by atoms with Gasteiger partial charge in [-0.1, -0.05) is 6.07 Å². The Kier molecular flexibility index (Phi) is 5.00. The van der Waals surface area contributed by atoms with Crippen molar-refractivity contribution in [1.82, 2.24) is 15.5 Å². The second-order valence-electron chi connectivity index (χ2n) is 5.69. The maximum Gasteiger partial charge on any atom is 0.229 e. The molecule has 1 fully saturated rings. The van der Waals surface area contributed by atoms with E-state index in [9.17, 15) is 9.18 Å². The number of ether oxygens (including phenoxy) is 1. The van der Waals surface area contributed by atoms with Gasteiger partial charge in [0.1, 0.15) is 0 Å². The number of carbonyl (C=O) groups excluding carboxylic acids is 1. The molecule has 1 aliphatic heterocycles. The second-order valence-corrected chi connectivity index (χ2v) is 5.69. The fourth-order valence-corrected chi connectivity index (χ4v) is 2.72. The highest BCUT2D eigenvalue weighted by molar-refractivity contribution is 5.91. The van der Waals surface area contributed by atoms with Crippen LogP contribution in [0, 0.1) is 5.82 Å². The van der Waals surface area contributed by atoms with Crippen molar-refractivity contribution in [2.45, 2.75) is 25.3 Å². The third kappa shape index (κ3) is 3.86. The summed E-state index contributed by atoms with van der Waals surface area (Å²) >= 11 is 0. The van der Waals surface area contributed by atoms with Crippen molar-refractivity contribution >= 4 is 11.7 Å². The molecule has 2 N–H and O–H groups in total. The van der Waals surface area contributed by atoms with E-state index in [1.54, 1.807) is 12.1 Å². The van der Waals surface area contributed by atoms with Crippen LogP contribution >= 0.6 is 0 Å². The van der Waals surface area contributed by atoms with E-state index >= 15 is 0 Å². The number of hydrogen-bond donors (Lipinski definition) is 2. The number of rotatable bonds is 5. The number of nitrogens with one attached hydrogen (secondary N) is 2. The molecule has 1 unspecified atom stereocenters. The number of nitrogens with zero attached hydrogens (tertiary/aromatic N) is 2. The smallest absolute Gasteiger partial charge is 0.229 e. The summed E-state index contributed by atoms with van der Waals surface area (Å²) in [6.45, 7) is 0.989. The fourth-order valence-electron chi connectivity index (χ4n) is 2.72. The standard InChI is InChI=1S/C17H19FN4O2/c1-24-15-6-4-11(9-12(15)18)10-17(23)20-16-7-5-14(21-22-16)13-3-2-8-19-13/h4-7,9,13,19H,2-3,8,10H2,1H3,(H,20,22,23). The lowest BCUT2D eigenvalue weighted by Gasteiger charge is -2.09. The molecular formula is C17H19FN4O2. The molecule has 1 atom stereocenters. The Labute approximate surface area is 139 Å². The molecule has 0 bridgehead atoms. The Balaban J connectivity index is 1.59. The van der Waals surface area contributed by atoms with Crippen LogP contribution in [0.25, 0.3) is 0 Å². The summed E-state index contributed by atoms with van der Waals surface area (Å²) < 4.78 is 18.5. The maximum atomic E-state index is 13.6. The van der Waals surface area contributed by atoms with Crippen molar-refractivity contribution in [1.29, 1.82) is 0 Å². The molecule has 1 aromatic carbocycles. The van der Waals surface area contributed by atoms with Crippen LogP contribution in [0.3, 0.4) is 0 Å². The Morgan fingerprint density at radius 1 is 1.38 bits per heavy atom. The number of anilines is 1. The van der Waals surface area contributed by atoms with Gasteiger partial charge in [0.15, 0.2) is 17.4 Å². The summed E-state index contributed by atoms with van der Waals surface area (Å²) in [5, 5.41) is 14.2. The van der Waals surface area contributed by atoms with Crippen LogP contribution in [0.2, 0.25) is 0 Å². The molecule has 6 nitrogen and oxygen atoms in total. The molecule has 0 spiro atoms. The Bertz CT molecular complexity index is 715. The number of aromatic nitrogens is 2. The van der Waals surface area contributed by atoms with E-state index in [0.717, 1.165) is 25.1 Å². The van der Waals surface area contributed by atoms with Crippen molar-refractivity contribution in [3.63, 3.8) is 0 Å². The number of halogens is 1. The van der Waals surface area contributed by atoms with Crippen molar-refractivity contribution in [3.05, 3.63) is 47.4 Å².